The average Bonchev–Trinajstić information content (AvgIpc) is 3.03. The third-order valence-corrected chi connectivity index (χ3v) is 5.43. The fourth-order valence-electron chi connectivity index (χ4n) is 2.08. The molecule has 0 aliphatic carbocycles. The second-order valence-corrected chi connectivity index (χ2v) is 7.18. The highest BCUT2D eigenvalue weighted by atomic mass is 32.1. The van der Waals surface area contributed by atoms with Crippen molar-refractivity contribution in [3.05, 3.63) is 38.0 Å². The van der Waals surface area contributed by atoms with Crippen molar-refractivity contribution in [2.45, 2.75) is 45.8 Å². The standard InChI is InChI=1S/C15H22N2OS2/c1-4-12(16)15(14-6-5-10(2)20-14)18-8-7-13-11(3)17-9-19-13/h5-6,9,12,15H,4,7-8,16H2,1-3H3. The van der Waals surface area contributed by atoms with E-state index in [-0.39, 0.29) is 12.1 Å². The Hall–Kier alpha value is -0.750. The number of thiazole rings is 1. The zero-order chi connectivity index (χ0) is 14.5. The number of aryl methyl sites for hydroxylation is 2. The molecule has 2 aromatic rings. The summed E-state index contributed by atoms with van der Waals surface area (Å²) in [4.78, 5) is 8.10. The number of ether oxygens (including phenoxy) is 1. The van der Waals surface area contributed by atoms with E-state index in [0.29, 0.717) is 6.61 Å². The fourth-order valence-corrected chi connectivity index (χ4v) is 3.85. The first-order valence-corrected chi connectivity index (χ1v) is 8.64. The zero-order valence-corrected chi connectivity index (χ0v) is 13.9. The van der Waals surface area contributed by atoms with Crippen LogP contribution in [-0.4, -0.2) is 17.6 Å². The Kier molecular flexibility index (Phi) is 5.72. The van der Waals surface area contributed by atoms with Gasteiger partial charge in [-0.05, 0) is 32.4 Å². The molecule has 2 rings (SSSR count). The van der Waals surface area contributed by atoms with Gasteiger partial charge in [0.25, 0.3) is 0 Å². The largest absolute Gasteiger partial charge is 0.371 e. The van der Waals surface area contributed by atoms with Crippen LogP contribution < -0.4 is 5.73 Å². The number of nitrogens with zero attached hydrogens (tertiary/aromatic N) is 1. The van der Waals surface area contributed by atoms with Crippen molar-refractivity contribution < 1.29 is 4.74 Å². The van der Waals surface area contributed by atoms with Crippen LogP contribution >= 0.6 is 22.7 Å². The van der Waals surface area contributed by atoms with Gasteiger partial charge in [0.05, 0.1) is 17.8 Å². The third-order valence-electron chi connectivity index (χ3n) is 3.37. The number of rotatable bonds is 7. The van der Waals surface area contributed by atoms with Gasteiger partial charge >= 0.3 is 0 Å². The quantitative estimate of drug-likeness (QED) is 0.845. The molecule has 3 nitrogen and oxygen atoms in total. The van der Waals surface area contributed by atoms with E-state index in [1.807, 2.05) is 12.4 Å². The van der Waals surface area contributed by atoms with Crippen LogP contribution in [0.15, 0.2) is 17.6 Å². The highest BCUT2D eigenvalue weighted by molar-refractivity contribution is 7.12. The summed E-state index contributed by atoms with van der Waals surface area (Å²) in [5.74, 6) is 0. The van der Waals surface area contributed by atoms with Crippen LogP contribution in [0.5, 0.6) is 0 Å². The van der Waals surface area contributed by atoms with E-state index in [1.165, 1.54) is 14.6 Å². The Bertz CT molecular complexity index is 535. The van der Waals surface area contributed by atoms with Crippen LogP contribution in [0.25, 0.3) is 0 Å². The third kappa shape index (κ3) is 3.88. The van der Waals surface area contributed by atoms with Gasteiger partial charge in [0.2, 0.25) is 0 Å². The summed E-state index contributed by atoms with van der Waals surface area (Å²) in [5.41, 5.74) is 9.22. The summed E-state index contributed by atoms with van der Waals surface area (Å²) in [6.45, 7) is 6.96. The molecule has 2 atom stereocenters. The molecule has 0 aliphatic heterocycles. The lowest BCUT2D eigenvalue weighted by molar-refractivity contribution is 0.0381. The molecule has 20 heavy (non-hydrogen) atoms. The number of aromatic nitrogens is 1. The molecule has 0 bridgehead atoms. The molecule has 2 unspecified atom stereocenters. The van der Waals surface area contributed by atoms with Crippen molar-refractivity contribution in [3.63, 3.8) is 0 Å². The van der Waals surface area contributed by atoms with Gasteiger partial charge in [0, 0.05) is 27.1 Å². The first kappa shape index (κ1) is 15.6. The summed E-state index contributed by atoms with van der Waals surface area (Å²) in [6.07, 6.45) is 1.83. The summed E-state index contributed by atoms with van der Waals surface area (Å²) in [7, 11) is 0. The highest BCUT2D eigenvalue weighted by Crippen LogP contribution is 2.29. The van der Waals surface area contributed by atoms with Gasteiger partial charge in [-0.25, -0.2) is 4.98 Å². The van der Waals surface area contributed by atoms with Gasteiger partial charge < -0.3 is 10.5 Å². The summed E-state index contributed by atoms with van der Waals surface area (Å²) in [5, 5.41) is 0. The Morgan fingerprint density at radius 3 is 2.70 bits per heavy atom. The molecule has 0 fully saturated rings. The van der Waals surface area contributed by atoms with E-state index in [9.17, 15) is 0 Å². The smallest absolute Gasteiger partial charge is 0.107 e. The molecule has 2 N–H and O–H groups in total. The molecule has 0 radical (unpaired) electrons. The van der Waals surface area contributed by atoms with Crippen LogP contribution in [0.3, 0.4) is 0 Å². The van der Waals surface area contributed by atoms with Gasteiger partial charge in [0.1, 0.15) is 6.10 Å². The van der Waals surface area contributed by atoms with Crippen LogP contribution in [0.4, 0.5) is 0 Å². The number of hydrogen-bond donors (Lipinski definition) is 1. The molecule has 0 aromatic carbocycles. The molecule has 5 heteroatoms. The maximum atomic E-state index is 6.22. The number of thiophene rings is 1. The van der Waals surface area contributed by atoms with Gasteiger partial charge in [-0.15, -0.1) is 22.7 Å². The second-order valence-electron chi connectivity index (χ2n) is 4.92. The van der Waals surface area contributed by atoms with Gasteiger partial charge in [-0.2, -0.15) is 0 Å². The maximum Gasteiger partial charge on any atom is 0.107 e. The minimum absolute atomic E-state index is 0.00641. The monoisotopic (exact) mass is 310 g/mol. The molecule has 0 amide bonds. The zero-order valence-electron chi connectivity index (χ0n) is 12.3. The fraction of sp³-hybridized carbons (Fsp3) is 0.533. The molecular formula is C15H22N2OS2. The van der Waals surface area contributed by atoms with E-state index < -0.39 is 0 Å². The van der Waals surface area contributed by atoms with Crippen molar-refractivity contribution in [1.29, 1.82) is 0 Å². The summed E-state index contributed by atoms with van der Waals surface area (Å²) in [6, 6.07) is 4.32. The molecule has 110 valence electrons. The molecule has 0 spiro atoms. The Labute approximate surface area is 128 Å². The molecule has 2 heterocycles. The predicted molar refractivity (Wildman–Crippen MR) is 86.6 cm³/mol. The number of nitrogens with two attached hydrogens (primary N) is 1. The molecule has 0 aliphatic rings. The lowest BCUT2D eigenvalue weighted by Gasteiger charge is -2.22. The Morgan fingerprint density at radius 1 is 1.35 bits per heavy atom. The van der Waals surface area contributed by atoms with Crippen LogP contribution in [0, 0.1) is 13.8 Å². The normalized spacial score (nSPS) is 14.4. The maximum absolute atomic E-state index is 6.22. The van der Waals surface area contributed by atoms with E-state index in [0.717, 1.165) is 18.5 Å². The predicted octanol–water partition coefficient (Wildman–Crippen LogP) is 3.86. The van der Waals surface area contributed by atoms with Gasteiger partial charge in [-0.1, -0.05) is 6.92 Å². The first-order valence-electron chi connectivity index (χ1n) is 6.94. The van der Waals surface area contributed by atoms with Crippen LogP contribution in [0.2, 0.25) is 0 Å². The van der Waals surface area contributed by atoms with E-state index in [2.05, 4.69) is 31.0 Å². The first-order chi connectivity index (χ1) is 9.61. The Balaban J connectivity index is 1.96. The van der Waals surface area contributed by atoms with Crippen molar-refractivity contribution in [2.24, 2.45) is 5.73 Å². The lowest BCUT2D eigenvalue weighted by atomic mass is 10.1. The van der Waals surface area contributed by atoms with E-state index >= 15 is 0 Å². The summed E-state index contributed by atoms with van der Waals surface area (Å²) < 4.78 is 6.09. The van der Waals surface area contributed by atoms with Gasteiger partial charge in [0.15, 0.2) is 0 Å². The van der Waals surface area contributed by atoms with Gasteiger partial charge in [-0.3, -0.25) is 0 Å². The van der Waals surface area contributed by atoms with Crippen molar-refractivity contribution in [1.82, 2.24) is 4.98 Å². The Morgan fingerprint density at radius 2 is 2.15 bits per heavy atom. The van der Waals surface area contributed by atoms with Crippen LogP contribution in [0.1, 0.15) is 39.8 Å². The average molecular weight is 310 g/mol. The second kappa shape index (κ2) is 7.31. The van der Waals surface area contributed by atoms with E-state index in [4.69, 9.17) is 10.5 Å². The minimum atomic E-state index is 0.00641. The number of hydrogen-bond acceptors (Lipinski definition) is 5. The molecule has 2 aromatic heterocycles. The molecule has 0 saturated carbocycles. The van der Waals surface area contributed by atoms with Crippen molar-refractivity contribution >= 4 is 22.7 Å². The van der Waals surface area contributed by atoms with Crippen molar-refractivity contribution in [2.75, 3.05) is 6.61 Å². The molecular weight excluding hydrogens is 288 g/mol. The SMILES string of the molecule is CCC(N)C(OCCc1scnc1C)c1ccc(C)s1. The summed E-state index contributed by atoms with van der Waals surface area (Å²) >= 11 is 3.47. The topological polar surface area (TPSA) is 48.1 Å². The van der Waals surface area contributed by atoms with Crippen molar-refractivity contribution in [3.8, 4) is 0 Å². The molecule has 0 saturated heterocycles. The highest BCUT2D eigenvalue weighted by Gasteiger charge is 2.20. The van der Waals surface area contributed by atoms with E-state index in [1.54, 1.807) is 22.7 Å². The lowest BCUT2D eigenvalue weighted by Crippen LogP contribution is -2.29. The van der Waals surface area contributed by atoms with Crippen LogP contribution in [-0.2, 0) is 11.2 Å². The minimum Gasteiger partial charge on any atom is -0.371 e.